The maximum atomic E-state index is 10.3. The second-order valence-corrected chi connectivity index (χ2v) is 22.5. The molecule has 3 aliphatic rings. The Hall–Kier alpha value is -0.440. The van der Waals surface area contributed by atoms with Crippen LogP contribution in [-0.4, -0.2) is 134 Å². The monoisotopic (exact) mass is 821 g/mol. The van der Waals surface area contributed by atoms with Crippen molar-refractivity contribution in [1.82, 2.24) is 0 Å². The molecular formula is C46H92O11. The molecule has 3 heterocycles. The van der Waals surface area contributed by atoms with Gasteiger partial charge in [0.05, 0.1) is 85.0 Å². The van der Waals surface area contributed by atoms with Gasteiger partial charge in [0.15, 0.2) is 0 Å². The molecule has 0 aromatic carbocycles. The Labute approximate surface area is 350 Å². The number of aliphatic hydroxyl groups is 1. The van der Waals surface area contributed by atoms with Gasteiger partial charge in [-0.1, -0.05) is 20.8 Å². The molecule has 0 saturated carbocycles. The molecule has 57 heavy (non-hydrogen) atoms. The second kappa shape index (κ2) is 22.6. The van der Waals surface area contributed by atoms with Crippen LogP contribution in [-0.2, 0) is 47.4 Å². The van der Waals surface area contributed by atoms with Crippen molar-refractivity contribution in [3.8, 4) is 0 Å². The molecule has 0 aliphatic carbocycles. The highest BCUT2D eigenvalue weighted by molar-refractivity contribution is 4.90. The van der Waals surface area contributed by atoms with Crippen LogP contribution in [0.25, 0.3) is 0 Å². The van der Waals surface area contributed by atoms with Crippen molar-refractivity contribution in [3.63, 3.8) is 0 Å². The first kappa shape index (κ1) is 54.6. The molecule has 1 N–H and O–H groups in total. The molecule has 3 saturated heterocycles. The highest BCUT2D eigenvalue weighted by Gasteiger charge is 2.43. The summed E-state index contributed by atoms with van der Waals surface area (Å²) in [5, 5.41) is 10.3. The number of hydrogen-bond donors (Lipinski definition) is 1. The molecule has 3 rings (SSSR count). The summed E-state index contributed by atoms with van der Waals surface area (Å²) in [6.07, 6.45) is 0.0143. The summed E-state index contributed by atoms with van der Waals surface area (Å²) in [6, 6.07) is 0. The van der Waals surface area contributed by atoms with Crippen LogP contribution in [0.5, 0.6) is 0 Å². The predicted molar refractivity (Wildman–Crippen MR) is 229 cm³/mol. The van der Waals surface area contributed by atoms with Gasteiger partial charge in [0, 0.05) is 25.6 Å². The van der Waals surface area contributed by atoms with Crippen LogP contribution in [0.3, 0.4) is 0 Å². The first-order chi connectivity index (χ1) is 25.6. The molecule has 11 nitrogen and oxygen atoms in total. The van der Waals surface area contributed by atoms with Gasteiger partial charge in [0.25, 0.3) is 0 Å². The Kier molecular flexibility index (Phi) is 21.6. The predicted octanol–water partition coefficient (Wildman–Crippen LogP) is 8.83. The zero-order valence-electron chi connectivity index (χ0n) is 40.8. The van der Waals surface area contributed by atoms with Gasteiger partial charge in [-0.2, -0.15) is 0 Å². The molecule has 0 aromatic heterocycles. The van der Waals surface area contributed by atoms with E-state index in [0.29, 0.717) is 44.9 Å². The number of hydrogen-bond acceptors (Lipinski definition) is 11. The van der Waals surface area contributed by atoms with Gasteiger partial charge < -0.3 is 52.5 Å². The lowest BCUT2D eigenvalue weighted by molar-refractivity contribution is -0.235. The molecule has 0 unspecified atom stereocenters. The van der Waals surface area contributed by atoms with Crippen molar-refractivity contribution in [2.45, 2.75) is 234 Å². The van der Waals surface area contributed by atoms with Crippen LogP contribution < -0.4 is 0 Å². The minimum Gasteiger partial charge on any atom is -0.390 e. The molecule has 342 valence electrons. The van der Waals surface area contributed by atoms with E-state index in [0.717, 1.165) is 13.0 Å². The van der Waals surface area contributed by atoms with E-state index in [1.165, 1.54) is 0 Å². The number of rotatable bonds is 10. The smallest absolute Gasteiger partial charge is 0.113 e. The molecule has 0 amide bonds. The van der Waals surface area contributed by atoms with Crippen molar-refractivity contribution >= 4 is 0 Å². The fourth-order valence-electron chi connectivity index (χ4n) is 6.51. The Balaban J connectivity index is 0.000000428. The van der Waals surface area contributed by atoms with Crippen LogP contribution in [0.2, 0.25) is 0 Å². The minimum absolute atomic E-state index is 0.0385. The lowest BCUT2D eigenvalue weighted by Gasteiger charge is -2.43. The first-order valence-electron chi connectivity index (χ1n) is 21.6. The molecule has 3 fully saturated rings. The molecule has 0 aromatic rings. The molecule has 0 radical (unpaired) electrons. The fraction of sp³-hybridized carbons (Fsp3) is 1.00. The van der Waals surface area contributed by atoms with Gasteiger partial charge in [-0.3, -0.25) is 0 Å². The van der Waals surface area contributed by atoms with E-state index in [-0.39, 0.29) is 82.3 Å². The average molecular weight is 821 g/mol. The van der Waals surface area contributed by atoms with Crippen LogP contribution in [0.15, 0.2) is 0 Å². The Morgan fingerprint density at radius 1 is 0.456 bits per heavy atom. The maximum absolute atomic E-state index is 10.3. The third kappa shape index (κ3) is 24.0. The zero-order chi connectivity index (χ0) is 44.4. The van der Waals surface area contributed by atoms with Gasteiger partial charge in [-0.25, -0.2) is 0 Å². The fourth-order valence-corrected chi connectivity index (χ4v) is 6.51. The molecule has 11 atom stereocenters. The van der Waals surface area contributed by atoms with E-state index >= 15 is 0 Å². The van der Waals surface area contributed by atoms with Gasteiger partial charge >= 0.3 is 0 Å². The Morgan fingerprint density at radius 3 is 1.23 bits per heavy atom. The summed E-state index contributed by atoms with van der Waals surface area (Å²) in [6.45, 7) is 46.7. The topological polar surface area (TPSA) is 113 Å². The standard InChI is InChI=1S/C16H32O4.C15H30O4.C15H30O3/c1-11-9-18-12(10-19-15(2,3)4)14(13(11)17-8)20-16(5,6)7;1-10-8-17-11(9-18-14(2,3)4)13(12(10)16)19-15(5,6)7;1-11-8-12(18-15(5,6)7)13(16-9-11)10-17-14(2,3)4/h11-14H,9-10H2,1-8H3;10-13,16H,8-9H2,1-7H3;11-13H,8-10H2,1-7H3/t11-,12-,13+,14+;10-,11-,12+,13+;11-,12+,13+/m110/s1. The lowest BCUT2D eigenvalue weighted by atomic mass is 9.92. The largest absolute Gasteiger partial charge is 0.390 e. The van der Waals surface area contributed by atoms with E-state index in [9.17, 15) is 5.11 Å². The minimum atomic E-state index is -0.512. The van der Waals surface area contributed by atoms with Crippen LogP contribution in [0, 0.1) is 17.8 Å². The van der Waals surface area contributed by atoms with Crippen molar-refractivity contribution < 1.29 is 52.5 Å². The van der Waals surface area contributed by atoms with Crippen LogP contribution >= 0.6 is 0 Å². The normalized spacial score (nSPS) is 32.2. The van der Waals surface area contributed by atoms with E-state index in [1.54, 1.807) is 7.11 Å². The zero-order valence-corrected chi connectivity index (χ0v) is 40.8. The van der Waals surface area contributed by atoms with E-state index in [2.05, 4.69) is 76.2 Å². The molecule has 0 spiro atoms. The number of ether oxygens (including phenoxy) is 10. The van der Waals surface area contributed by atoms with Crippen molar-refractivity contribution in [3.05, 3.63) is 0 Å². The molecular weight excluding hydrogens is 728 g/mol. The van der Waals surface area contributed by atoms with E-state index < -0.39 is 6.10 Å². The SMILES string of the molecule is CO[C@@H]1[C@@H](OC(C)(C)C)[C@@H](COC(C)(C)C)OC[C@H]1C.C[C@@H]1CO[C@H](COC(C)(C)C)[C@H](OC(C)(C)C)C1.C[C@@H]1CO[C@H](COC(C)(C)C)[C@H](OC(C)(C)C)[C@H]1O. The van der Waals surface area contributed by atoms with Crippen LogP contribution in [0.4, 0.5) is 0 Å². The van der Waals surface area contributed by atoms with E-state index in [4.69, 9.17) is 47.4 Å². The Bertz CT molecular complexity index is 1090. The van der Waals surface area contributed by atoms with Gasteiger partial charge in [-0.05, 0) is 137 Å². The van der Waals surface area contributed by atoms with Crippen molar-refractivity contribution in [1.29, 1.82) is 0 Å². The van der Waals surface area contributed by atoms with Gasteiger partial charge in [-0.15, -0.1) is 0 Å². The highest BCUT2D eigenvalue weighted by Crippen LogP contribution is 2.31. The molecule has 11 heteroatoms. The second-order valence-electron chi connectivity index (χ2n) is 22.5. The van der Waals surface area contributed by atoms with E-state index in [1.807, 2.05) is 69.2 Å². The summed E-state index contributed by atoms with van der Waals surface area (Å²) in [7, 11) is 1.74. The average Bonchev–Trinajstić information content (AvgIpc) is 2.99. The van der Waals surface area contributed by atoms with Crippen LogP contribution in [0.1, 0.15) is 152 Å². The van der Waals surface area contributed by atoms with Crippen molar-refractivity contribution in [2.75, 3.05) is 46.8 Å². The van der Waals surface area contributed by atoms with Gasteiger partial charge in [0.2, 0.25) is 0 Å². The summed E-state index contributed by atoms with van der Waals surface area (Å²) in [4.78, 5) is 0. The first-order valence-corrected chi connectivity index (χ1v) is 21.6. The van der Waals surface area contributed by atoms with Crippen molar-refractivity contribution in [2.24, 2.45) is 17.8 Å². The quantitative estimate of drug-likeness (QED) is 0.228. The third-order valence-corrected chi connectivity index (χ3v) is 9.13. The lowest BCUT2D eigenvalue weighted by Crippen LogP contribution is -2.55. The summed E-state index contributed by atoms with van der Waals surface area (Å²) < 4.78 is 59.1. The molecule has 0 bridgehead atoms. The summed E-state index contributed by atoms with van der Waals surface area (Å²) >= 11 is 0. The third-order valence-electron chi connectivity index (χ3n) is 9.13. The number of methoxy groups -OCH3 is 1. The number of aliphatic hydroxyl groups excluding tert-OH is 1. The highest BCUT2D eigenvalue weighted by atomic mass is 16.6. The summed E-state index contributed by atoms with van der Waals surface area (Å²) in [5.41, 5.74) is -1.21. The Morgan fingerprint density at radius 2 is 0.825 bits per heavy atom. The maximum Gasteiger partial charge on any atom is 0.113 e. The van der Waals surface area contributed by atoms with Gasteiger partial charge in [0.1, 0.15) is 30.5 Å². The molecule has 3 aliphatic heterocycles. The summed E-state index contributed by atoms with van der Waals surface area (Å²) in [5.74, 6) is 0.958.